The Labute approximate surface area is 110 Å². The summed E-state index contributed by atoms with van der Waals surface area (Å²) in [5, 5.41) is 3.58. The minimum absolute atomic E-state index is 0.658. The predicted molar refractivity (Wildman–Crippen MR) is 76.2 cm³/mol. The van der Waals surface area contributed by atoms with Crippen molar-refractivity contribution < 1.29 is 4.74 Å². The van der Waals surface area contributed by atoms with Crippen LogP contribution in [0.1, 0.15) is 19.8 Å². The number of rotatable bonds is 6. The van der Waals surface area contributed by atoms with Crippen molar-refractivity contribution in [1.29, 1.82) is 0 Å². The van der Waals surface area contributed by atoms with Crippen LogP contribution in [-0.4, -0.2) is 38.9 Å². The summed E-state index contributed by atoms with van der Waals surface area (Å²) in [6, 6.07) is 11.4. The normalized spacial score (nSPS) is 17.1. The third kappa shape index (κ3) is 4.00. The van der Waals surface area contributed by atoms with Crippen LogP contribution >= 0.6 is 0 Å². The molecule has 0 bridgehead atoms. The minimum atomic E-state index is 0.658. The van der Waals surface area contributed by atoms with E-state index in [1.165, 1.54) is 18.5 Å². The molecule has 0 saturated carbocycles. The Morgan fingerprint density at radius 1 is 1.22 bits per heavy atom. The number of benzene rings is 1. The topological polar surface area (TPSA) is 24.5 Å². The fourth-order valence-corrected chi connectivity index (χ4v) is 2.46. The van der Waals surface area contributed by atoms with Crippen molar-refractivity contribution in [3.05, 3.63) is 30.3 Å². The van der Waals surface area contributed by atoms with E-state index in [2.05, 4.69) is 40.5 Å². The summed E-state index contributed by atoms with van der Waals surface area (Å²) in [6.45, 7) is 6.96. The first kappa shape index (κ1) is 13.4. The molecule has 18 heavy (non-hydrogen) atoms. The van der Waals surface area contributed by atoms with Crippen LogP contribution in [0.25, 0.3) is 0 Å². The second kappa shape index (κ2) is 7.39. The molecule has 1 saturated heterocycles. The van der Waals surface area contributed by atoms with Gasteiger partial charge in [0.2, 0.25) is 0 Å². The molecule has 0 radical (unpaired) electrons. The monoisotopic (exact) mass is 248 g/mol. The first-order chi connectivity index (χ1) is 8.90. The first-order valence-electron chi connectivity index (χ1n) is 7.01. The molecule has 2 rings (SSSR count). The van der Waals surface area contributed by atoms with Crippen LogP contribution < -0.4 is 10.2 Å². The Kier molecular flexibility index (Phi) is 5.49. The van der Waals surface area contributed by atoms with Crippen LogP contribution in [-0.2, 0) is 4.74 Å². The SMILES string of the molecule is CCOCCNC1CCN(c2ccccc2)CC1. The molecule has 0 amide bonds. The van der Waals surface area contributed by atoms with Gasteiger partial charge in [-0.05, 0) is 31.9 Å². The van der Waals surface area contributed by atoms with Gasteiger partial charge in [0.1, 0.15) is 0 Å². The molecular weight excluding hydrogens is 224 g/mol. The van der Waals surface area contributed by atoms with E-state index in [4.69, 9.17) is 4.74 Å². The molecule has 0 aliphatic carbocycles. The van der Waals surface area contributed by atoms with Gasteiger partial charge in [0, 0.05) is 38.0 Å². The zero-order chi connectivity index (χ0) is 12.6. The van der Waals surface area contributed by atoms with E-state index in [-0.39, 0.29) is 0 Å². The fraction of sp³-hybridized carbons (Fsp3) is 0.600. The summed E-state index contributed by atoms with van der Waals surface area (Å²) in [7, 11) is 0. The van der Waals surface area contributed by atoms with Crippen molar-refractivity contribution in [2.75, 3.05) is 37.7 Å². The van der Waals surface area contributed by atoms with Gasteiger partial charge in [-0.15, -0.1) is 0 Å². The second-order valence-corrected chi connectivity index (χ2v) is 4.75. The highest BCUT2D eigenvalue weighted by Gasteiger charge is 2.18. The predicted octanol–water partition coefficient (Wildman–Crippen LogP) is 2.28. The highest BCUT2D eigenvalue weighted by molar-refractivity contribution is 5.46. The van der Waals surface area contributed by atoms with Crippen LogP contribution in [0.4, 0.5) is 5.69 Å². The summed E-state index contributed by atoms with van der Waals surface area (Å²) >= 11 is 0. The van der Waals surface area contributed by atoms with E-state index in [0.717, 1.165) is 32.8 Å². The summed E-state index contributed by atoms with van der Waals surface area (Å²) in [5.41, 5.74) is 1.35. The standard InChI is InChI=1S/C15H24N2O/c1-2-18-13-10-16-14-8-11-17(12-9-14)15-6-4-3-5-7-15/h3-7,14,16H,2,8-13H2,1H3. The average molecular weight is 248 g/mol. The van der Waals surface area contributed by atoms with E-state index >= 15 is 0 Å². The lowest BCUT2D eigenvalue weighted by Crippen LogP contribution is -2.43. The highest BCUT2D eigenvalue weighted by Crippen LogP contribution is 2.19. The van der Waals surface area contributed by atoms with E-state index < -0.39 is 0 Å². The van der Waals surface area contributed by atoms with E-state index in [9.17, 15) is 0 Å². The van der Waals surface area contributed by atoms with Crippen molar-refractivity contribution in [1.82, 2.24) is 5.32 Å². The molecule has 1 aliphatic heterocycles. The van der Waals surface area contributed by atoms with Gasteiger partial charge in [-0.1, -0.05) is 18.2 Å². The molecule has 1 heterocycles. The van der Waals surface area contributed by atoms with Gasteiger partial charge in [0.05, 0.1) is 6.61 Å². The van der Waals surface area contributed by atoms with Crippen molar-refractivity contribution in [3.8, 4) is 0 Å². The van der Waals surface area contributed by atoms with Crippen molar-refractivity contribution >= 4 is 5.69 Å². The number of nitrogens with zero attached hydrogens (tertiary/aromatic N) is 1. The smallest absolute Gasteiger partial charge is 0.0590 e. The largest absolute Gasteiger partial charge is 0.380 e. The van der Waals surface area contributed by atoms with E-state index in [0.29, 0.717) is 6.04 Å². The number of ether oxygens (including phenoxy) is 1. The van der Waals surface area contributed by atoms with Gasteiger partial charge in [-0.25, -0.2) is 0 Å². The third-order valence-electron chi connectivity index (χ3n) is 3.50. The summed E-state index contributed by atoms with van der Waals surface area (Å²) in [5.74, 6) is 0. The number of para-hydroxylation sites is 1. The molecule has 0 aromatic heterocycles. The van der Waals surface area contributed by atoms with Gasteiger partial charge in [0.15, 0.2) is 0 Å². The van der Waals surface area contributed by atoms with E-state index in [1.807, 2.05) is 6.92 Å². The van der Waals surface area contributed by atoms with Crippen molar-refractivity contribution in [2.45, 2.75) is 25.8 Å². The molecule has 1 aliphatic rings. The van der Waals surface area contributed by atoms with Gasteiger partial charge in [0.25, 0.3) is 0 Å². The van der Waals surface area contributed by atoms with Crippen LogP contribution in [0, 0.1) is 0 Å². The maximum atomic E-state index is 5.34. The van der Waals surface area contributed by atoms with Gasteiger partial charge in [-0.2, -0.15) is 0 Å². The number of piperidine rings is 1. The molecule has 0 spiro atoms. The van der Waals surface area contributed by atoms with Crippen LogP contribution in [0.5, 0.6) is 0 Å². The number of hydrogen-bond acceptors (Lipinski definition) is 3. The Balaban J connectivity index is 1.68. The summed E-state index contributed by atoms with van der Waals surface area (Å²) in [6.07, 6.45) is 2.45. The average Bonchev–Trinajstić information content (AvgIpc) is 2.45. The van der Waals surface area contributed by atoms with Crippen LogP contribution in [0.15, 0.2) is 30.3 Å². The maximum Gasteiger partial charge on any atom is 0.0590 e. The number of nitrogens with one attached hydrogen (secondary N) is 1. The van der Waals surface area contributed by atoms with Gasteiger partial charge >= 0.3 is 0 Å². The first-order valence-corrected chi connectivity index (χ1v) is 7.01. The van der Waals surface area contributed by atoms with Crippen molar-refractivity contribution in [2.24, 2.45) is 0 Å². The van der Waals surface area contributed by atoms with E-state index in [1.54, 1.807) is 0 Å². The molecule has 1 aromatic rings. The lowest BCUT2D eigenvalue weighted by molar-refractivity contribution is 0.145. The molecule has 3 heteroatoms. The van der Waals surface area contributed by atoms with Gasteiger partial charge in [-0.3, -0.25) is 0 Å². The molecule has 100 valence electrons. The van der Waals surface area contributed by atoms with Crippen molar-refractivity contribution in [3.63, 3.8) is 0 Å². The molecule has 1 fully saturated rings. The number of anilines is 1. The second-order valence-electron chi connectivity index (χ2n) is 4.75. The molecule has 0 atom stereocenters. The number of hydrogen-bond donors (Lipinski definition) is 1. The summed E-state index contributed by atoms with van der Waals surface area (Å²) < 4.78 is 5.34. The molecule has 1 aromatic carbocycles. The Hall–Kier alpha value is -1.06. The molecule has 3 nitrogen and oxygen atoms in total. The zero-order valence-electron chi connectivity index (χ0n) is 11.3. The lowest BCUT2D eigenvalue weighted by Gasteiger charge is -2.34. The fourth-order valence-electron chi connectivity index (χ4n) is 2.46. The van der Waals surface area contributed by atoms with Gasteiger partial charge < -0.3 is 15.0 Å². The Morgan fingerprint density at radius 2 is 1.94 bits per heavy atom. The maximum absolute atomic E-state index is 5.34. The highest BCUT2D eigenvalue weighted by atomic mass is 16.5. The molecule has 0 unspecified atom stereocenters. The zero-order valence-corrected chi connectivity index (χ0v) is 11.3. The van der Waals surface area contributed by atoms with Crippen LogP contribution in [0.2, 0.25) is 0 Å². The molecule has 1 N–H and O–H groups in total. The Morgan fingerprint density at radius 3 is 2.61 bits per heavy atom. The summed E-state index contributed by atoms with van der Waals surface area (Å²) in [4.78, 5) is 2.47. The minimum Gasteiger partial charge on any atom is -0.380 e. The third-order valence-corrected chi connectivity index (χ3v) is 3.50. The Bertz CT molecular complexity index is 321. The van der Waals surface area contributed by atoms with Crippen LogP contribution in [0.3, 0.4) is 0 Å². The quantitative estimate of drug-likeness (QED) is 0.782. The molecular formula is C15H24N2O. The lowest BCUT2D eigenvalue weighted by atomic mass is 10.0.